The van der Waals surface area contributed by atoms with Crippen molar-refractivity contribution in [1.29, 1.82) is 0 Å². The molecule has 0 heterocycles. The molecule has 0 bridgehead atoms. The van der Waals surface area contributed by atoms with Crippen molar-refractivity contribution in [3.05, 3.63) is 12.8 Å². The minimum atomic E-state index is 0.646. The molecule has 0 spiro atoms. The molecule has 9 heavy (non-hydrogen) atoms. The lowest BCUT2D eigenvalue weighted by atomic mass is 10.1. The zero-order valence-corrected chi connectivity index (χ0v) is 6.48. The van der Waals surface area contributed by atoms with Crippen LogP contribution in [0.1, 0.15) is 33.1 Å². The molecule has 1 heteroatoms. The van der Waals surface area contributed by atoms with E-state index in [1.165, 1.54) is 19.3 Å². The number of hydrogen-bond donors (Lipinski definition) is 1. The SMILES string of the molecule is C=CNC(CC)CCC. The maximum atomic E-state index is 3.62. The first-order chi connectivity index (χ1) is 4.35. The van der Waals surface area contributed by atoms with Gasteiger partial charge < -0.3 is 5.32 Å². The number of rotatable bonds is 5. The summed E-state index contributed by atoms with van der Waals surface area (Å²) in [6.45, 7) is 8.01. The third-order valence-electron chi connectivity index (χ3n) is 1.48. The highest BCUT2D eigenvalue weighted by atomic mass is 14.9. The van der Waals surface area contributed by atoms with E-state index in [0.29, 0.717) is 6.04 Å². The third kappa shape index (κ3) is 4.07. The van der Waals surface area contributed by atoms with Gasteiger partial charge in [-0.05, 0) is 19.0 Å². The number of nitrogens with one attached hydrogen (secondary N) is 1. The Bertz CT molecular complexity index is 69.0. The van der Waals surface area contributed by atoms with Gasteiger partial charge in [-0.15, -0.1) is 0 Å². The molecule has 1 atom stereocenters. The molecular formula is C8H17N. The van der Waals surface area contributed by atoms with Crippen LogP contribution in [0.2, 0.25) is 0 Å². The quantitative estimate of drug-likeness (QED) is 0.597. The van der Waals surface area contributed by atoms with Gasteiger partial charge >= 0.3 is 0 Å². The van der Waals surface area contributed by atoms with Gasteiger partial charge in [0, 0.05) is 6.04 Å². The summed E-state index contributed by atoms with van der Waals surface area (Å²) < 4.78 is 0. The van der Waals surface area contributed by atoms with E-state index in [1.54, 1.807) is 6.20 Å². The second-order valence-corrected chi connectivity index (χ2v) is 2.26. The molecule has 0 amide bonds. The minimum Gasteiger partial charge on any atom is -0.389 e. The van der Waals surface area contributed by atoms with E-state index in [9.17, 15) is 0 Å². The Kier molecular flexibility index (Phi) is 5.38. The van der Waals surface area contributed by atoms with Crippen LogP contribution in [0.5, 0.6) is 0 Å². The molecule has 1 nitrogen and oxygen atoms in total. The normalized spacial score (nSPS) is 12.7. The summed E-state index contributed by atoms with van der Waals surface area (Å²) in [5.74, 6) is 0. The van der Waals surface area contributed by atoms with Gasteiger partial charge in [0.15, 0.2) is 0 Å². The molecule has 54 valence electrons. The second-order valence-electron chi connectivity index (χ2n) is 2.26. The highest BCUT2D eigenvalue weighted by Crippen LogP contribution is 1.99. The summed E-state index contributed by atoms with van der Waals surface area (Å²) in [4.78, 5) is 0. The zero-order valence-electron chi connectivity index (χ0n) is 6.48. The van der Waals surface area contributed by atoms with Crippen LogP contribution in [0, 0.1) is 0 Å². The van der Waals surface area contributed by atoms with Crippen LogP contribution in [0.4, 0.5) is 0 Å². The summed E-state index contributed by atoms with van der Waals surface area (Å²) in [7, 11) is 0. The Hall–Kier alpha value is -0.460. The van der Waals surface area contributed by atoms with Crippen molar-refractivity contribution >= 4 is 0 Å². The maximum Gasteiger partial charge on any atom is 0.0252 e. The predicted molar refractivity (Wildman–Crippen MR) is 42.3 cm³/mol. The van der Waals surface area contributed by atoms with Gasteiger partial charge in [-0.3, -0.25) is 0 Å². The molecule has 0 saturated heterocycles. The van der Waals surface area contributed by atoms with Crippen LogP contribution in [-0.2, 0) is 0 Å². The molecule has 0 aromatic rings. The van der Waals surface area contributed by atoms with Gasteiger partial charge in [0.05, 0.1) is 0 Å². The lowest BCUT2D eigenvalue weighted by Gasteiger charge is -2.12. The van der Waals surface area contributed by atoms with Crippen LogP contribution < -0.4 is 5.32 Å². The van der Waals surface area contributed by atoms with E-state index in [0.717, 1.165) is 0 Å². The molecule has 0 aliphatic heterocycles. The Morgan fingerprint density at radius 2 is 2.22 bits per heavy atom. The molecule has 0 radical (unpaired) electrons. The van der Waals surface area contributed by atoms with Crippen molar-refractivity contribution in [2.75, 3.05) is 0 Å². The molecular weight excluding hydrogens is 110 g/mol. The fraction of sp³-hybridized carbons (Fsp3) is 0.750. The van der Waals surface area contributed by atoms with Crippen molar-refractivity contribution in [2.45, 2.75) is 39.2 Å². The minimum absolute atomic E-state index is 0.646. The van der Waals surface area contributed by atoms with Crippen molar-refractivity contribution in [2.24, 2.45) is 0 Å². The molecule has 0 aliphatic rings. The average molecular weight is 127 g/mol. The van der Waals surface area contributed by atoms with Crippen LogP contribution in [0.3, 0.4) is 0 Å². The van der Waals surface area contributed by atoms with Crippen LogP contribution >= 0.6 is 0 Å². The molecule has 1 N–H and O–H groups in total. The van der Waals surface area contributed by atoms with Gasteiger partial charge in [0.25, 0.3) is 0 Å². The first-order valence-electron chi connectivity index (χ1n) is 3.72. The molecule has 1 unspecified atom stereocenters. The Labute approximate surface area is 58.2 Å². The van der Waals surface area contributed by atoms with E-state index < -0.39 is 0 Å². The fourth-order valence-corrected chi connectivity index (χ4v) is 0.920. The lowest BCUT2D eigenvalue weighted by Crippen LogP contribution is -2.22. The third-order valence-corrected chi connectivity index (χ3v) is 1.48. The van der Waals surface area contributed by atoms with Crippen LogP contribution in [0.15, 0.2) is 12.8 Å². The molecule has 0 aromatic carbocycles. The summed E-state index contributed by atoms with van der Waals surface area (Å²) in [5.41, 5.74) is 0. The van der Waals surface area contributed by atoms with E-state index >= 15 is 0 Å². The highest BCUT2D eigenvalue weighted by Gasteiger charge is 1.98. The van der Waals surface area contributed by atoms with Crippen molar-refractivity contribution in [1.82, 2.24) is 5.32 Å². The molecule has 0 saturated carbocycles. The Morgan fingerprint density at radius 3 is 2.56 bits per heavy atom. The van der Waals surface area contributed by atoms with Crippen molar-refractivity contribution in [3.8, 4) is 0 Å². The predicted octanol–water partition coefficient (Wildman–Crippen LogP) is 2.30. The van der Waals surface area contributed by atoms with E-state index in [1.807, 2.05) is 0 Å². The monoisotopic (exact) mass is 127 g/mol. The molecule has 0 rings (SSSR count). The topological polar surface area (TPSA) is 12.0 Å². The lowest BCUT2D eigenvalue weighted by molar-refractivity contribution is 0.521. The van der Waals surface area contributed by atoms with Crippen LogP contribution in [-0.4, -0.2) is 6.04 Å². The summed E-state index contributed by atoms with van der Waals surface area (Å²) in [6.07, 6.45) is 5.48. The van der Waals surface area contributed by atoms with Gasteiger partial charge in [-0.2, -0.15) is 0 Å². The van der Waals surface area contributed by atoms with Gasteiger partial charge in [0.1, 0.15) is 0 Å². The van der Waals surface area contributed by atoms with Gasteiger partial charge in [-0.25, -0.2) is 0 Å². The van der Waals surface area contributed by atoms with Crippen molar-refractivity contribution in [3.63, 3.8) is 0 Å². The Morgan fingerprint density at radius 1 is 1.56 bits per heavy atom. The second kappa shape index (κ2) is 5.67. The highest BCUT2D eigenvalue weighted by molar-refractivity contribution is 4.71. The van der Waals surface area contributed by atoms with Gasteiger partial charge in [-0.1, -0.05) is 26.8 Å². The van der Waals surface area contributed by atoms with E-state index in [4.69, 9.17) is 0 Å². The fourth-order valence-electron chi connectivity index (χ4n) is 0.920. The zero-order chi connectivity index (χ0) is 7.11. The average Bonchev–Trinajstić information content (AvgIpc) is 1.88. The largest absolute Gasteiger partial charge is 0.389 e. The smallest absolute Gasteiger partial charge is 0.0252 e. The standard InChI is InChI=1S/C8H17N/c1-4-7-8(5-2)9-6-3/h6,8-9H,3-5,7H2,1-2H3. The molecule has 0 aromatic heterocycles. The maximum absolute atomic E-state index is 3.62. The van der Waals surface area contributed by atoms with Gasteiger partial charge in [0.2, 0.25) is 0 Å². The first-order valence-corrected chi connectivity index (χ1v) is 3.72. The molecule has 0 aliphatic carbocycles. The summed E-state index contributed by atoms with van der Waals surface area (Å²) >= 11 is 0. The number of hydrogen-bond acceptors (Lipinski definition) is 1. The van der Waals surface area contributed by atoms with Crippen molar-refractivity contribution < 1.29 is 0 Å². The summed E-state index contributed by atoms with van der Waals surface area (Å²) in [5, 5.41) is 3.20. The van der Waals surface area contributed by atoms with Crippen LogP contribution in [0.25, 0.3) is 0 Å². The molecule has 0 fully saturated rings. The van der Waals surface area contributed by atoms with E-state index in [-0.39, 0.29) is 0 Å². The Balaban J connectivity index is 3.28. The van der Waals surface area contributed by atoms with E-state index in [2.05, 4.69) is 25.7 Å². The summed E-state index contributed by atoms with van der Waals surface area (Å²) in [6, 6.07) is 0.646. The first kappa shape index (κ1) is 8.54.